The lowest BCUT2D eigenvalue weighted by Crippen LogP contribution is -2.23. The highest BCUT2D eigenvalue weighted by molar-refractivity contribution is 5.37. The number of benzene rings is 1. The topological polar surface area (TPSA) is 26.0 Å². The maximum atomic E-state index is 14.6. The largest absolute Gasteiger partial charge is 0.328 e. The highest BCUT2D eigenvalue weighted by Crippen LogP contribution is 2.44. The molecule has 0 spiro atoms. The molecule has 1 aromatic rings. The second-order valence-electron chi connectivity index (χ2n) is 4.91. The molecule has 2 unspecified atom stereocenters. The molecule has 0 aromatic heterocycles. The van der Waals surface area contributed by atoms with Gasteiger partial charge in [0.2, 0.25) is 0 Å². The van der Waals surface area contributed by atoms with Gasteiger partial charge in [-0.05, 0) is 43.9 Å². The van der Waals surface area contributed by atoms with E-state index >= 15 is 0 Å². The van der Waals surface area contributed by atoms with E-state index in [-0.39, 0.29) is 18.0 Å². The number of hydrogen-bond acceptors (Lipinski definition) is 1. The van der Waals surface area contributed by atoms with Crippen molar-refractivity contribution in [3.8, 4) is 0 Å². The van der Waals surface area contributed by atoms with E-state index in [2.05, 4.69) is 0 Å². The van der Waals surface area contributed by atoms with Crippen LogP contribution in [0.1, 0.15) is 36.0 Å². The summed E-state index contributed by atoms with van der Waals surface area (Å²) in [5.41, 5.74) is 5.87. The smallest absolute Gasteiger partial charge is 0.140 e. The van der Waals surface area contributed by atoms with Gasteiger partial charge in [0.1, 0.15) is 11.5 Å². The molecular formula is C13H17F2N. The van der Waals surface area contributed by atoms with Crippen LogP contribution in [-0.4, -0.2) is 6.04 Å². The monoisotopic (exact) mass is 225 g/mol. The zero-order valence-electron chi connectivity index (χ0n) is 9.69. The van der Waals surface area contributed by atoms with Crippen LogP contribution in [0.4, 0.5) is 8.78 Å². The number of nitrogens with two attached hydrogens (primary N) is 1. The van der Waals surface area contributed by atoms with Crippen LogP contribution in [0.5, 0.6) is 0 Å². The minimum Gasteiger partial charge on any atom is -0.328 e. The standard InChI is InChI=1S/C13H17F2N/c1-8-5-9(2)12(11(14)6-8)13(15)4-3-10(16)7-13/h5-6,10H,3-4,7,16H2,1-2H3. The molecule has 3 heteroatoms. The van der Waals surface area contributed by atoms with E-state index in [4.69, 9.17) is 5.73 Å². The summed E-state index contributed by atoms with van der Waals surface area (Å²) in [5, 5.41) is 0. The first kappa shape index (κ1) is 11.5. The van der Waals surface area contributed by atoms with E-state index < -0.39 is 11.5 Å². The molecular weight excluding hydrogens is 208 g/mol. The van der Waals surface area contributed by atoms with Gasteiger partial charge in [0.25, 0.3) is 0 Å². The molecule has 16 heavy (non-hydrogen) atoms. The number of halogens is 2. The fourth-order valence-electron chi connectivity index (χ4n) is 2.74. The van der Waals surface area contributed by atoms with Gasteiger partial charge in [-0.15, -0.1) is 0 Å². The predicted molar refractivity (Wildman–Crippen MR) is 60.5 cm³/mol. The second-order valence-corrected chi connectivity index (χ2v) is 4.91. The summed E-state index contributed by atoms with van der Waals surface area (Å²) < 4.78 is 28.5. The first-order valence-electron chi connectivity index (χ1n) is 5.64. The quantitative estimate of drug-likeness (QED) is 0.780. The first-order chi connectivity index (χ1) is 7.42. The molecule has 0 amide bonds. The van der Waals surface area contributed by atoms with Crippen molar-refractivity contribution in [2.45, 2.75) is 44.8 Å². The van der Waals surface area contributed by atoms with E-state index in [1.54, 1.807) is 6.92 Å². The molecule has 0 saturated heterocycles. The van der Waals surface area contributed by atoms with Crippen LogP contribution in [0.15, 0.2) is 12.1 Å². The molecule has 0 radical (unpaired) electrons. The van der Waals surface area contributed by atoms with E-state index in [1.807, 2.05) is 13.0 Å². The summed E-state index contributed by atoms with van der Waals surface area (Å²) in [6, 6.07) is 3.07. The average Bonchev–Trinajstić information content (AvgIpc) is 2.44. The summed E-state index contributed by atoms with van der Waals surface area (Å²) in [6.45, 7) is 3.57. The van der Waals surface area contributed by atoms with Crippen molar-refractivity contribution < 1.29 is 8.78 Å². The van der Waals surface area contributed by atoms with Crippen molar-refractivity contribution in [2.75, 3.05) is 0 Å². The second kappa shape index (κ2) is 3.81. The van der Waals surface area contributed by atoms with Crippen LogP contribution in [-0.2, 0) is 5.67 Å². The summed E-state index contributed by atoms with van der Waals surface area (Å²) in [4.78, 5) is 0. The zero-order valence-corrected chi connectivity index (χ0v) is 9.69. The van der Waals surface area contributed by atoms with Crippen LogP contribution in [0.3, 0.4) is 0 Å². The minimum absolute atomic E-state index is 0.148. The van der Waals surface area contributed by atoms with Crippen molar-refractivity contribution in [1.29, 1.82) is 0 Å². The third kappa shape index (κ3) is 1.84. The molecule has 1 aliphatic rings. The lowest BCUT2D eigenvalue weighted by molar-refractivity contribution is 0.165. The van der Waals surface area contributed by atoms with Crippen LogP contribution in [0.2, 0.25) is 0 Å². The first-order valence-corrected chi connectivity index (χ1v) is 5.64. The number of rotatable bonds is 1. The molecule has 2 rings (SSSR count). The minimum atomic E-state index is -1.57. The van der Waals surface area contributed by atoms with Crippen molar-refractivity contribution >= 4 is 0 Å². The van der Waals surface area contributed by atoms with E-state index in [0.29, 0.717) is 18.4 Å². The molecule has 0 bridgehead atoms. The van der Waals surface area contributed by atoms with Gasteiger partial charge in [-0.25, -0.2) is 8.78 Å². The Bertz CT molecular complexity index is 393. The van der Waals surface area contributed by atoms with Gasteiger partial charge in [-0.1, -0.05) is 6.07 Å². The number of aryl methyl sites for hydroxylation is 2. The van der Waals surface area contributed by atoms with Crippen molar-refractivity contribution in [1.82, 2.24) is 0 Å². The average molecular weight is 225 g/mol. The van der Waals surface area contributed by atoms with Crippen molar-refractivity contribution in [3.05, 3.63) is 34.6 Å². The Hall–Kier alpha value is -0.960. The molecule has 2 atom stereocenters. The van der Waals surface area contributed by atoms with Gasteiger partial charge in [-0.2, -0.15) is 0 Å². The summed E-state index contributed by atoms with van der Waals surface area (Å²) in [7, 11) is 0. The summed E-state index contributed by atoms with van der Waals surface area (Å²) in [6.07, 6.45) is 1.19. The van der Waals surface area contributed by atoms with E-state index in [1.165, 1.54) is 6.07 Å². The Balaban J connectivity index is 2.48. The van der Waals surface area contributed by atoms with E-state index in [9.17, 15) is 8.78 Å². The SMILES string of the molecule is Cc1cc(C)c(C2(F)CCC(N)C2)c(F)c1. The van der Waals surface area contributed by atoms with Crippen molar-refractivity contribution in [3.63, 3.8) is 0 Å². The molecule has 1 nitrogen and oxygen atoms in total. The number of hydrogen-bond donors (Lipinski definition) is 1. The van der Waals surface area contributed by atoms with Crippen LogP contribution in [0.25, 0.3) is 0 Å². The Morgan fingerprint density at radius 1 is 1.38 bits per heavy atom. The Morgan fingerprint density at radius 3 is 2.56 bits per heavy atom. The normalized spacial score (nSPS) is 29.7. The summed E-state index contributed by atoms with van der Waals surface area (Å²) >= 11 is 0. The van der Waals surface area contributed by atoms with Crippen LogP contribution >= 0.6 is 0 Å². The van der Waals surface area contributed by atoms with Crippen LogP contribution in [0, 0.1) is 19.7 Å². The Labute approximate surface area is 94.7 Å². The highest BCUT2D eigenvalue weighted by atomic mass is 19.1. The van der Waals surface area contributed by atoms with E-state index in [0.717, 1.165) is 5.56 Å². The molecule has 1 aromatic carbocycles. The third-order valence-electron chi connectivity index (χ3n) is 3.38. The zero-order chi connectivity index (χ0) is 11.9. The molecule has 88 valence electrons. The van der Waals surface area contributed by atoms with Gasteiger partial charge in [0, 0.05) is 18.0 Å². The molecule has 1 fully saturated rings. The van der Waals surface area contributed by atoms with Gasteiger partial charge < -0.3 is 5.73 Å². The molecule has 0 aliphatic heterocycles. The van der Waals surface area contributed by atoms with Crippen LogP contribution < -0.4 is 5.73 Å². The maximum Gasteiger partial charge on any atom is 0.140 e. The summed E-state index contributed by atoms with van der Waals surface area (Å²) in [5.74, 6) is -0.436. The van der Waals surface area contributed by atoms with Gasteiger partial charge >= 0.3 is 0 Å². The third-order valence-corrected chi connectivity index (χ3v) is 3.38. The Kier molecular flexibility index (Phi) is 2.74. The lowest BCUT2D eigenvalue weighted by atomic mass is 9.89. The number of alkyl halides is 1. The lowest BCUT2D eigenvalue weighted by Gasteiger charge is -2.23. The fraction of sp³-hybridized carbons (Fsp3) is 0.538. The molecule has 1 saturated carbocycles. The molecule has 1 aliphatic carbocycles. The van der Waals surface area contributed by atoms with Gasteiger partial charge in [0.15, 0.2) is 0 Å². The van der Waals surface area contributed by atoms with Gasteiger partial charge in [0.05, 0.1) is 0 Å². The molecule has 0 heterocycles. The maximum absolute atomic E-state index is 14.6. The predicted octanol–water partition coefficient (Wildman–Crippen LogP) is 3.12. The molecule has 2 N–H and O–H groups in total. The van der Waals surface area contributed by atoms with Crippen molar-refractivity contribution in [2.24, 2.45) is 5.73 Å². The van der Waals surface area contributed by atoms with Gasteiger partial charge in [-0.3, -0.25) is 0 Å². The fourth-order valence-corrected chi connectivity index (χ4v) is 2.74. The Morgan fingerprint density at radius 2 is 2.06 bits per heavy atom. The highest BCUT2D eigenvalue weighted by Gasteiger charge is 2.42.